The first-order valence-corrected chi connectivity index (χ1v) is 16.2. The third-order valence-electron chi connectivity index (χ3n) is 8.53. The molecule has 1 fully saturated rings. The van der Waals surface area contributed by atoms with Crippen molar-refractivity contribution in [1.29, 1.82) is 0 Å². The smallest absolute Gasteiger partial charge is 0.253 e. The number of hydrogen-bond acceptors (Lipinski definition) is 4. The van der Waals surface area contributed by atoms with Crippen LogP contribution in [0.15, 0.2) is 121 Å². The summed E-state index contributed by atoms with van der Waals surface area (Å²) in [6, 6.07) is 39.5. The Balaban J connectivity index is 0.937. The minimum absolute atomic E-state index is 0.0889. The molecule has 5 aromatic carbocycles. The second-order valence-electron chi connectivity index (χ2n) is 12.2. The molecule has 0 unspecified atom stereocenters. The van der Waals surface area contributed by atoms with Gasteiger partial charge in [-0.1, -0.05) is 83.9 Å². The number of ether oxygens (including phenoxy) is 2. The Morgan fingerprint density at radius 3 is 1.96 bits per heavy atom. The molecule has 6 heteroatoms. The Bertz CT molecular complexity index is 1790. The summed E-state index contributed by atoms with van der Waals surface area (Å²) in [6.07, 6.45) is 1.72. The number of aryl methyl sites for hydroxylation is 2. The maximum Gasteiger partial charge on any atom is 0.253 e. The molecule has 6 nitrogen and oxygen atoms in total. The summed E-state index contributed by atoms with van der Waals surface area (Å²) >= 11 is 0. The molecule has 0 bridgehead atoms. The molecular weight excluding hydrogens is 584 g/mol. The molecular formula is C41H40N2O4. The van der Waals surface area contributed by atoms with Crippen LogP contribution in [0.2, 0.25) is 0 Å². The zero-order valence-corrected chi connectivity index (χ0v) is 26.9. The molecule has 0 radical (unpaired) electrons. The molecule has 6 rings (SSSR count). The second-order valence-corrected chi connectivity index (χ2v) is 12.2. The number of hydrogen-bond donors (Lipinski definition) is 1. The molecule has 2 amide bonds. The lowest BCUT2D eigenvalue weighted by atomic mass is 10.0. The summed E-state index contributed by atoms with van der Waals surface area (Å²) < 4.78 is 12.3. The van der Waals surface area contributed by atoms with Gasteiger partial charge in [0.05, 0.1) is 0 Å². The van der Waals surface area contributed by atoms with Crippen LogP contribution in [0.3, 0.4) is 0 Å². The van der Waals surface area contributed by atoms with Gasteiger partial charge < -0.3 is 19.7 Å². The predicted octanol–water partition coefficient (Wildman–Crippen LogP) is 8.16. The van der Waals surface area contributed by atoms with Crippen molar-refractivity contribution >= 4 is 11.8 Å². The van der Waals surface area contributed by atoms with Gasteiger partial charge in [-0.2, -0.15) is 0 Å². The van der Waals surface area contributed by atoms with Crippen LogP contribution in [0.5, 0.6) is 11.5 Å². The minimum Gasteiger partial charge on any atom is -0.490 e. The Labute approximate surface area is 277 Å². The molecule has 0 saturated carbocycles. The largest absolute Gasteiger partial charge is 0.490 e. The van der Waals surface area contributed by atoms with E-state index in [1.165, 1.54) is 5.56 Å². The van der Waals surface area contributed by atoms with E-state index in [0.717, 1.165) is 57.7 Å². The molecule has 1 aliphatic heterocycles. The SMILES string of the molecule is Cc1ccc(C(=O)N2CCC(Oc3ccc(COc4ccc(-c5ccc(C(=O)NCc6cccc(C)c6)cc5)cc4)cc3)CC2)cc1. The molecule has 0 aromatic heterocycles. The van der Waals surface area contributed by atoms with E-state index < -0.39 is 0 Å². The maximum atomic E-state index is 12.8. The summed E-state index contributed by atoms with van der Waals surface area (Å²) in [5, 5.41) is 2.99. The topological polar surface area (TPSA) is 67.9 Å². The van der Waals surface area contributed by atoms with Crippen molar-refractivity contribution in [2.24, 2.45) is 0 Å². The highest BCUT2D eigenvalue weighted by atomic mass is 16.5. The molecule has 1 saturated heterocycles. The Kier molecular flexibility index (Phi) is 9.97. The number of carbonyl (C=O) groups excluding carboxylic acids is 2. The van der Waals surface area contributed by atoms with Gasteiger partial charge >= 0.3 is 0 Å². The molecule has 1 heterocycles. The fourth-order valence-electron chi connectivity index (χ4n) is 5.74. The quantitative estimate of drug-likeness (QED) is 0.170. The highest BCUT2D eigenvalue weighted by Gasteiger charge is 2.24. The molecule has 0 atom stereocenters. The normalized spacial score (nSPS) is 13.2. The van der Waals surface area contributed by atoms with E-state index in [-0.39, 0.29) is 17.9 Å². The second kappa shape index (κ2) is 14.8. The number of piperidine rings is 1. The lowest BCUT2D eigenvalue weighted by Gasteiger charge is -2.32. The van der Waals surface area contributed by atoms with Crippen molar-refractivity contribution in [2.75, 3.05) is 13.1 Å². The van der Waals surface area contributed by atoms with Gasteiger partial charge in [-0.25, -0.2) is 0 Å². The number of amides is 2. The summed E-state index contributed by atoms with van der Waals surface area (Å²) in [4.78, 5) is 27.4. The number of nitrogens with zero attached hydrogens (tertiary/aromatic N) is 1. The van der Waals surface area contributed by atoms with Gasteiger partial charge in [0.15, 0.2) is 0 Å². The summed E-state index contributed by atoms with van der Waals surface area (Å²) in [5.74, 6) is 1.62. The molecule has 1 aliphatic rings. The van der Waals surface area contributed by atoms with Gasteiger partial charge in [0.1, 0.15) is 24.2 Å². The summed E-state index contributed by atoms with van der Waals surface area (Å²) in [7, 11) is 0. The summed E-state index contributed by atoms with van der Waals surface area (Å²) in [6.45, 7) is 6.41. The van der Waals surface area contributed by atoms with Crippen molar-refractivity contribution in [3.8, 4) is 22.6 Å². The van der Waals surface area contributed by atoms with Crippen LogP contribution in [0.25, 0.3) is 11.1 Å². The van der Waals surface area contributed by atoms with E-state index in [1.807, 2.05) is 134 Å². The molecule has 0 spiro atoms. The van der Waals surface area contributed by atoms with Crippen LogP contribution in [0.1, 0.15) is 55.8 Å². The number of rotatable bonds is 10. The fourth-order valence-corrected chi connectivity index (χ4v) is 5.74. The highest BCUT2D eigenvalue weighted by Crippen LogP contribution is 2.25. The standard InChI is InChI=1S/C41H40N2O4/c1-29-6-10-36(11-7-29)41(45)43-24-22-39(23-25-43)47-38-18-8-31(9-19-38)28-46-37-20-16-34(17-21-37)33-12-14-35(15-13-33)40(44)42-27-32-5-3-4-30(2)26-32/h3-21,26,39H,22-25,27-28H2,1-2H3,(H,42,44). The van der Waals surface area contributed by atoms with Crippen molar-refractivity contribution in [3.05, 3.63) is 155 Å². The highest BCUT2D eigenvalue weighted by molar-refractivity contribution is 5.95. The number of likely N-dealkylation sites (tertiary alicyclic amines) is 1. The first-order chi connectivity index (χ1) is 22.9. The molecule has 5 aromatic rings. The lowest BCUT2D eigenvalue weighted by Crippen LogP contribution is -2.41. The average Bonchev–Trinajstić information content (AvgIpc) is 3.11. The van der Waals surface area contributed by atoms with E-state index in [2.05, 4.69) is 11.4 Å². The first-order valence-electron chi connectivity index (χ1n) is 16.2. The van der Waals surface area contributed by atoms with E-state index >= 15 is 0 Å². The minimum atomic E-state index is -0.0889. The molecule has 47 heavy (non-hydrogen) atoms. The van der Waals surface area contributed by atoms with Gasteiger partial charge in [0.2, 0.25) is 0 Å². The van der Waals surface area contributed by atoms with Crippen molar-refractivity contribution in [2.45, 2.75) is 45.9 Å². The van der Waals surface area contributed by atoms with Gasteiger partial charge in [-0.15, -0.1) is 0 Å². The third kappa shape index (κ3) is 8.47. The van der Waals surface area contributed by atoms with Crippen LogP contribution in [-0.2, 0) is 13.2 Å². The van der Waals surface area contributed by atoms with Gasteiger partial charge in [-0.05, 0) is 84.6 Å². The van der Waals surface area contributed by atoms with Crippen molar-refractivity contribution < 1.29 is 19.1 Å². The van der Waals surface area contributed by atoms with Crippen molar-refractivity contribution in [1.82, 2.24) is 10.2 Å². The fraction of sp³-hybridized carbons (Fsp3) is 0.220. The van der Waals surface area contributed by atoms with E-state index in [1.54, 1.807) is 0 Å². The Morgan fingerprint density at radius 1 is 0.681 bits per heavy atom. The van der Waals surface area contributed by atoms with Crippen LogP contribution in [0, 0.1) is 13.8 Å². The monoisotopic (exact) mass is 624 g/mol. The van der Waals surface area contributed by atoms with Crippen LogP contribution < -0.4 is 14.8 Å². The van der Waals surface area contributed by atoms with Gasteiger partial charge in [0, 0.05) is 43.6 Å². The number of nitrogens with one attached hydrogen (secondary N) is 1. The van der Waals surface area contributed by atoms with Gasteiger partial charge in [-0.3, -0.25) is 9.59 Å². The van der Waals surface area contributed by atoms with E-state index in [9.17, 15) is 9.59 Å². The summed E-state index contributed by atoms with van der Waals surface area (Å²) in [5.41, 5.74) is 7.92. The molecule has 238 valence electrons. The first kappa shape index (κ1) is 31.6. The Morgan fingerprint density at radius 2 is 1.30 bits per heavy atom. The zero-order valence-electron chi connectivity index (χ0n) is 26.9. The van der Waals surface area contributed by atoms with Crippen LogP contribution in [-0.4, -0.2) is 35.9 Å². The van der Waals surface area contributed by atoms with Crippen LogP contribution >= 0.6 is 0 Å². The average molecular weight is 625 g/mol. The van der Waals surface area contributed by atoms with E-state index in [4.69, 9.17) is 9.47 Å². The lowest BCUT2D eigenvalue weighted by molar-refractivity contribution is 0.0595. The van der Waals surface area contributed by atoms with Crippen LogP contribution in [0.4, 0.5) is 0 Å². The Hall–Kier alpha value is -5.36. The number of carbonyl (C=O) groups is 2. The third-order valence-corrected chi connectivity index (χ3v) is 8.53. The number of benzene rings is 5. The van der Waals surface area contributed by atoms with Gasteiger partial charge in [0.25, 0.3) is 11.8 Å². The van der Waals surface area contributed by atoms with E-state index in [0.29, 0.717) is 31.8 Å². The molecule has 1 N–H and O–H groups in total. The predicted molar refractivity (Wildman–Crippen MR) is 186 cm³/mol. The molecule has 0 aliphatic carbocycles. The zero-order chi connectivity index (χ0) is 32.6. The maximum absolute atomic E-state index is 12.8. The van der Waals surface area contributed by atoms with Crippen molar-refractivity contribution in [3.63, 3.8) is 0 Å².